The van der Waals surface area contributed by atoms with Crippen molar-refractivity contribution in [1.82, 2.24) is 15.5 Å². The Kier molecular flexibility index (Phi) is 22.8. The first kappa shape index (κ1) is 47.8. The molecule has 2 heterocycles. The third-order valence-electron chi connectivity index (χ3n) is 9.50. The zero-order chi connectivity index (χ0) is 42.6. The predicted octanol–water partition coefficient (Wildman–Crippen LogP) is 4.84. The molecule has 3 aromatic rings. The summed E-state index contributed by atoms with van der Waals surface area (Å²) < 4.78 is 2.07. The van der Waals surface area contributed by atoms with E-state index < -0.39 is 0 Å². The highest BCUT2D eigenvalue weighted by Gasteiger charge is 2.09. The van der Waals surface area contributed by atoms with Crippen molar-refractivity contribution >= 4 is 63.0 Å². The maximum Gasteiger partial charge on any atom is 0.224 e. The minimum absolute atomic E-state index is 0.0270. The van der Waals surface area contributed by atoms with Crippen molar-refractivity contribution in [3.05, 3.63) is 131 Å². The zero-order valence-corrected chi connectivity index (χ0v) is 36.0. The molecule has 0 aliphatic carbocycles. The molecule has 14 heteroatoms. The third kappa shape index (κ3) is 18.6. The number of carbonyl (C=O) groups is 2. The molecule has 12 nitrogen and oxygen atoms in total. The first-order chi connectivity index (χ1) is 29.4. The van der Waals surface area contributed by atoms with E-state index in [4.69, 9.17) is 0 Å². The van der Waals surface area contributed by atoms with E-state index >= 15 is 0 Å². The number of anilines is 2. The molecule has 0 radical (unpaired) electrons. The fourth-order valence-corrected chi connectivity index (χ4v) is 7.69. The average Bonchev–Trinajstić information content (AvgIpc) is 3.27. The average molecular weight is 858 g/mol. The molecule has 0 atom stereocenters. The summed E-state index contributed by atoms with van der Waals surface area (Å²) in [6, 6.07) is 20.2. The molecule has 4 rings (SSSR count). The number of aromatic nitrogens is 1. The Hall–Kier alpha value is -4.83. The van der Waals surface area contributed by atoms with Gasteiger partial charge in [0.1, 0.15) is 6.54 Å². The Morgan fingerprint density at radius 2 is 1.27 bits per heavy atom. The topological polar surface area (TPSA) is 153 Å². The number of rotatable bonds is 28. The number of allylic oxidation sites excluding steroid dienone is 3. The second kappa shape index (κ2) is 28.6. The van der Waals surface area contributed by atoms with Crippen LogP contribution >= 0.6 is 21.6 Å². The molecule has 0 unspecified atom stereocenters. The Bertz CT molecular complexity index is 1840. The van der Waals surface area contributed by atoms with Gasteiger partial charge in [-0.15, -0.1) is 0 Å². The van der Waals surface area contributed by atoms with Gasteiger partial charge in [0.05, 0.1) is 26.4 Å². The zero-order valence-electron chi connectivity index (χ0n) is 34.4. The molecule has 0 bridgehead atoms. The van der Waals surface area contributed by atoms with Gasteiger partial charge in [-0.2, -0.15) is 0 Å². The summed E-state index contributed by atoms with van der Waals surface area (Å²) in [7, 11) is 3.14. The summed E-state index contributed by atoms with van der Waals surface area (Å²) >= 11 is 0. The summed E-state index contributed by atoms with van der Waals surface area (Å²) in [6.07, 6.45) is 22.7. The molecule has 0 saturated carbocycles. The first-order valence-corrected chi connectivity index (χ1v) is 22.9. The summed E-state index contributed by atoms with van der Waals surface area (Å²) in [4.78, 5) is 30.7. The van der Waals surface area contributed by atoms with Crippen molar-refractivity contribution in [3.8, 4) is 0 Å². The van der Waals surface area contributed by atoms with Gasteiger partial charge >= 0.3 is 0 Å². The summed E-state index contributed by atoms with van der Waals surface area (Å²) in [5, 5.41) is 44.7. The van der Waals surface area contributed by atoms with Crippen LogP contribution in [0.5, 0.6) is 0 Å². The molecule has 2 amide bonds. The number of benzene rings is 2. The quantitative estimate of drug-likeness (QED) is 0.0338. The first-order valence-electron chi connectivity index (χ1n) is 20.5. The van der Waals surface area contributed by atoms with Crippen LogP contribution in [0.3, 0.4) is 0 Å². The van der Waals surface area contributed by atoms with Gasteiger partial charge in [0.15, 0.2) is 12.4 Å². The number of hydrogen-bond donors (Lipinski definition) is 6. The molecule has 1 aromatic heterocycles. The van der Waals surface area contributed by atoms with Crippen LogP contribution in [-0.2, 0) is 16.1 Å². The highest BCUT2D eigenvalue weighted by molar-refractivity contribution is 8.77. The Labute approximate surface area is 363 Å². The highest BCUT2D eigenvalue weighted by Crippen LogP contribution is 2.21. The number of nitrogens with one attached hydrogen (secondary N) is 2. The van der Waals surface area contributed by atoms with Crippen molar-refractivity contribution in [3.63, 3.8) is 0 Å². The number of aryl methyl sites for hydroxylation is 1. The van der Waals surface area contributed by atoms with Gasteiger partial charge < -0.3 is 45.8 Å². The van der Waals surface area contributed by atoms with Gasteiger partial charge in [-0.3, -0.25) is 9.59 Å². The predicted molar refractivity (Wildman–Crippen MR) is 248 cm³/mol. The van der Waals surface area contributed by atoms with E-state index in [1.54, 1.807) is 17.0 Å². The second-order valence-corrected chi connectivity index (χ2v) is 16.3. The van der Waals surface area contributed by atoms with E-state index in [1.807, 2.05) is 94.3 Å². The Morgan fingerprint density at radius 3 is 1.82 bits per heavy atom. The van der Waals surface area contributed by atoms with Crippen LogP contribution in [-0.4, -0.2) is 115 Å². The summed E-state index contributed by atoms with van der Waals surface area (Å²) in [5.41, 5.74) is 6.27. The van der Waals surface area contributed by atoms with Gasteiger partial charge in [-0.05, 0) is 70.6 Å². The molecule has 1 aliphatic heterocycles. The number of amides is 2. The van der Waals surface area contributed by atoms with Crippen LogP contribution in [0.25, 0.3) is 18.2 Å². The monoisotopic (exact) mass is 857 g/mol. The minimum atomic E-state index is -0.0270. The van der Waals surface area contributed by atoms with Crippen molar-refractivity contribution in [1.29, 1.82) is 0 Å². The van der Waals surface area contributed by atoms with Crippen LogP contribution in [0, 0.1) is 0 Å². The molecule has 0 saturated heterocycles. The van der Waals surface area contributed by atoms with Crippen molar-refractivity contribution in [2.45, 2.75) is 32.2 Å². The molecular formula is C46H61N6O6S2+. The van der Waals surface area contributed by atoms with Crippen LogP contribution < -0.4 is 25.0 Å². The number of nitrogens with zero attached hydrogens (tertiary/aromatic N) is 4. The van der Waals surface area contributed by atoms with E-state index in [0.29, 0.717) is 45.6 Å². The van der Waals surface area contributed by atoms with E-state index in [-0.39, 0.29) is 38.2 Å². The molecule has 1 aliphatic rings. The standard InChI is InChI=1S/C46H60N6O6S2/c53-33-29-51(30-34-54)43-13-9-39(10-14-43)5-7-41-17-25-49(26-18-41)23-1-3-45(57)47-21-37-59-60-38-22-48-46(58)4-2-24-50-27-19-42(20-28-50)8-6-40-11-15-44(16-12-40)52(31-35-55)32-36-56/h5-21,25-27,37,53-56H,1-4,22-24,28-36,38H2,(H-,47,48,57,58)/p+1. The lowest BCUT2D eigenvalue weighted by Crippen LogP contribution is -2.33. The SMILES string of the molecule is O=C(CCC[n+]1ccc(C=Cc2ccc(N(CCO)CCO)cc2)cc1)NC=CSSCCNC(=O)CCCN1C=CC(C=Cc2ccc(N(CCO)CCO)cc2)=CC1. The number of carbonyl (C=O) groups excluding carboxylic acids is 2. The van der Waals surface area contributed by atoms with Gasteiger partial charge in [0.25, 0.3) is 0 Å². The van der Waals surface area contributed by atoms with Crippen molar-refractivity contribution < 1.29 is 34.6 Å². The largest absolute Gasteiger partial charge is 0.395 e. The van der Waals surface area contributed by atoms with Crippen molar-refractivity contribution in [2.75, 3.05) is 87.8 Å². The lowest BCUT2D eigenvalue weighted by molar-refractivity contribution is -0.697. The molecule has 2 aromatic carbocycles. The number of aliphatic hydroxyl groups excluding tert-OH is 4. The van der Waals surface area contributed by atoms with Gasteiger partial charge in [0.2, 0.25) is 11.8 Å². The van der Waals surface area contributed by atoms with Gasteiger partial charge in [0, 0.05) is 101 Å². The van der Waals surface area contributed by atoms with Gasteiger partial charge in [-0.25, -0.2) is 4.57 Å². The fourth-order valence-electron chi connectivity index (χ4n) is 6.26. The smallest absolute Gasteiger partial charge is 0.224 e. The molecule has 60 heavy (non-hydrogen) atoms. The summed E-state index contributed by atoms with van der Waals surface area (Å²) in [5.74, 6) is 0.787. The normalized spacial score (nSPS) is 12.7. The van der Waals surface area contributed by atoms with Crippen LogP contribution in [0.2, 0.25) is 0 Å². The van der Waals surface area contributed by atoms with E-state index in [0.717, 1.165) is 71.9 Å². The number of aliphatic hydroxyl groups is 4. The third-order valence-corrected chi connectivity index (χ3v) is 11.5. The lowest BCUT2D eigenvalue weighted by atomic mass is 10.1. The highest BCUT2D eigenvalue weighted by atomic mass is 33.1. The maximum absolute atomic E-state index is 12.3. The molecule has 322 valence electrons. The van der Waals surface area contributed by atoms with Crippen LogP contribution in [0.1, 0.15) is 42.4 Å². The molecule has 0 fully saturated rings. The lowest BCUT2D eigenvalue weighted by Gasteiger charge is -2.23. The van der Waals surface area contributed by atoms with Crippen LogP contribution in [0.4, 0.5) is 11.4 Å². The summed E-state index contributed by atoms with van der Waals surface area (Å²) in [6.45, 7) is 5.00. The maximum atomic E-state index is 12.3. The number of hydrogen-bond acceptors (Lipinski definition) is 11. The fraction of sp³-hybridized carbons (Fsp3) is 0.370. The van der Waals surface area contributed by atoms with Crippen molar-refractivity contribution in [2.24, 2.45) is 0 Å². The number of pyridine rings is 1. The Balaban J connectivity index is 0.986. The van der Waals surface area contributed by atoms with Gasteiger partial charge in [-0.1, -0.05) is 76.2 Å². The van der Waals surface area contributed by atoms with Crippen LogP contribution in [0.15, 0.2) is 115 Å². The van der Waals surface area contributed by atoms with E-state index in [9.17, 15) is 30.0 Å². The molecule has 6 N–H and O–H groups in total. The molecule has 0 spiro atoms. The van der Waals surface area contributed by atoms with E-state index in [2.05, 4.69) is 56.7 Å². The Morgan fingerprint density at radius 1 is 0.717 bits per heavy atom. The second-order valence-electron chi connectivity index (χ2n) is 13.9. The minimum Gasteiger partial charge on any atom is -0.395 e. The molecular weight excluding hydrogens is 797 g/mol. The van der Waals surface area contributed by atoms with E-state index in [1.165, 1.54) is 10.8 Å².